The number of hydrogen-bond acceptors (Lipinski definition) is 5. The van der Waals surface area contributed by atoms with Gasteiger partial charge in [0.2, 0.25) is 0 Å². The molecule has 0 spiro atoms. The zero-order valence-electron chi connectivity index (χ0n) is 11.3. The van der Waals surface area contributed by atoms with Crippen molar-refractivity contribution in [1.82, 2.24) is 24.7 Å². The molecule has 0 radical (unpaired) electrons. The Balaban J connectivity index is 1.88. The molecule has 0 saturated carbocycles. The molecule has 3 rings (SSSR count). The number of anilines is 1. The topological polar surface area (TPSA) is 85.6 Å². The van der Waals surface area contributed by atoms with Crippen LogP contribution < -0.4 is 5.32 Å². The van der Waals surface area contributed by atoms with Gasteiger partial charge in [0, 0.05) is 24.8 Å². The number of pyridine rings is 1. The summed E-state index contributed by atoms with van der Waals surface area (Å²) in [6, 6.07) is 5.28. The monoisotopic (exact) mass is 280 g/mol. The number of aryl methyl sites for hydroxylation is 1. The van der Waals surface area contributed by atoms with Crippen molar-refractivity contribution in [3.63, 3.8) is 0 Å². The Kier molecular flexibility index (Phi) is 3.38. The molecular formula is C14H12N6O. The summed E-state index contributed by atoms with van der Waals surface area (Å²) in [6.07, 6.45) is 8.02. The summed E-state index contributed by atoms with van der Waals surface area (Å²) in [5.41, 5.74) is 1.55. The van der Waals surface area contributed by atoms with E-state index in [1.165, 1.54) is 6.20 Å². The van der Waals surface area contributed by atoms with Crippen LogP contribution in [0.25, 0.3) is 5.82 Å². The molecule has 3 aromatic rings. The standard InChI is InChI=1S/C14H12N6O/c1-10-8-17-12(9-16-10)14(21)19-11-4-2-5-15-13(11)20-7-3-6-18-20/h2-9H,1H3,(H,19,21). The number of carbonyl (C=O) groups excluding carboxylic acids is 1. The minimum Gasteiger partial charge on any atom is -0.317 e. The van der Waals surface area contributed by atoms with Crippen molar-refractivity contribution in [3.05, 3.63) is 60.6 Å². The summed E-state index contributed by atoms with van der Waals surface area (Å²) in [4.78, 5) is 24.5. The predicted molar refractivity (Wildman–Crippen MR) is 76.1 cm³/mol. The highest BCUT2D eigenvalue weighted by Crippen LogP contribution is 2.16. The quantitative estimate of drug-likeness (QED) is 0.788. The van der Waals surface area contributed by atoms with Crippen LogP contribution in [0.5, 0.6) is 0 Å². The van der Waals surface area contributed by atoms with Gasteiger partial charge in [-0.15, -0.1) is 0 Å². The first kappa shape index (κ1) is 12.9. The Hall–Kier alpha value is -3.09. The van der Waals surface area contributed by atoms with Crippen molar-refractivity contribution >= 4 is 11.6 Å². The third kappa shape index (κ3) is 2.76. The van der Waals surface area contributed by atoms with Crippen LogP contribution in [0.15, 0.2) is 49.2 Å². The highest BCUT2D eigenvalue weighted by atomic mass is 16.1. The SMILES string of the molecule is Cc1cnc(C(=O)Nc2cccnc2-n2cccn2)cn1. The maximum Gasteiger partial charge on any atom is 0.275 e. The van der Waals surface area contributed by atoms with Crippen LogP contribution in [0, 0.1) is 6.92 Å². The lowest BCUT2D eigenvalue weighted by Gasteiger charge is -2.09. The van der Waals surface area contributed by atoms with Crippen LogP contribution >= 0.6 is 0 Å². The molecule has 1 N–H and O–H groups in total. The first-order valence-corrected chi connectivity index (χ1v) is 6.29. The zero-order valence-corrected chi connectivity index (χ0v) is 11.3. The number of amides is 1. The van der Waals surface area contributed by atoms with E-state index in [0.29, 0.717) is 11.5 Å². The minimum atomic E-state index is -0.344. The number of rotatable bonds is 3. The normalized spacial score (nSPS) is 10.3. The van der Waals surface area contributed by atoms with Crippen LogP contribution in [-0.2, 0) is 0 Å². The van der Waals surface area contributed by atoms with E-state index >= 15 is 0 Å². The average Bonchev–Trinajstić information content (AvgIpc) is 3.02. The van der Waals surface area contributed by atoms with E-state index in [1.54, 1.807) is 47.7 Å². The van der Waals surface area contributed by atoms with E-state index in [9.17, 15) is 4.79 Å². The van der Waals surface area contributed by atoms with Crippen molar-refractivity contribution < 1.29 is 4.79 Å². The van der Waals surface area contributed by atoms with Crippen molar-refractivity contribution in [2.75, 3.05) is 5.32 Å². The molecule has 0 aliphatic rings. The van der Waals surface area contributed by atoms with Gasteiger partial charge < -0.3 is 5.32 Å². The lowest BCUT2D eigenvalue weighted by atomic mass is 10.3. The first-order chi connectivity index (χ1) is 10.2. The second-order valence-corrected chi connectivity index (χ2v) is 4.32. The molecule has 0 aliphatic heterocycles. The summed E-state index contributed by atoms with van der Waals surface area (Å²) < 4.78 is 1.58. The van der Waals surface area contributed by atoms with Crippen molar-refractivity contribution in [3.8, 4) is 5.82 Å². The highest BCUT2D eigenvalue weighted by Gasteiger charge is 2.12. The number of carbonyl (C=O) groups is 1. The molecule has 3 heterocycles. The van der Waals surface area contributed by atoms with Crippen molar-refractivity contribution in [2.24, 2.45) is 0 Å². The molecule has 0 unspecified atom stereocenters. The van der Waals surface area contributed by atoms with Gasteiger partial charge in [-0.3, -0.25) is 9.78 Å². The van der Waals surface area contributed by atoms with Gasteiger partial charge in [0.05, 0.1) is 17.6 Å². The van der Waals surface area contributed by atoms with Crippen LogP contribution in [-0.4, -0.2) is 30.6 Å². The number of nitrogens with zero attached hydrogens (tertiary/aromatic N) is 5. The van der Waals surface area contributed by atoms with Gasteiger partial charge in [-0.25, -0.2) is 14.6 Å². The van der Waals surface area contributed by atoms with E-state index in [0.717, 1.165) is 5.69 Å². The molecule has 7 heteroatoms. The molecule has 21 heavy (non-hydrogen) atoms. The van der Waals surface area contributed by atoms with Gasteiger partial charge in [-0.05, 0) is 25.1 Å². The van der Waals surface area contributed by atoms with E-state index < -0.39 is 0 Å². The fraction of sp³-hybridized carbons (Fsp3) is 0.0714. The van der Waals surface area contributed by atoms with Gasteiger partial charge in [-0.2, -0.15) is 5.10 Å². The number of aromatic nitrogens is 5. The van der Waals surface area contributed by atoms with Gasteiger partial charge in [0.15, 0.2) is 5.82 Å². The van der Waals surface area contributed by atoms with Crippen LogP contribution in [0.1, 0.15) is 16.2 Å². The van der Waals surface area contributed by atoms with E-state index in [2.05, 4.69) is 25.4 Å². The first-order valence-electron chi connectivity index (χ1n) is 6.29. The number of nitrogens with one attached hydrogen (secondary N) is 1. The zero-order chi connectivity index (χ0) is 14.7. The molecule has 104 valence electrons. The summed E-state index contributed by atoms with van der Waals surface area (Å²) >= 11 is 0. The van der Waals surface area contributed by atoms with E-state index in [-0.39, 0.29) is 11.6 Å². The fourth-order valence-electron chi connectivity index (χ4n) is 1.77. The van der Waals surface area contributed by atoms with Crippen LogP contribution in [0.4, 0.5) is 5.69 Å². The third-order valence-corrected chi connectivity index (χ3v) is 2.77. The third-order valence-electron chi connectivity index (χ3n) is 2.77. The molecule has 7 nitrogen and oxygen atoms in total. The predicted octanol–water partition coefficient (Wildman–Crippen LogP) is 1.62. The van der Waals surface area contributed by atoms with E-state index in [4.69, 9.17) is 0 Å². The Morgan fingerprint density at radius 2 is 2.05 bits per heavy atom. The molecule has 0 fully saturated rings. The molecule has 0 aromatic carbocycles. The fourth-order valence-corrected chi connectivity index (χ4v) is 1.77. The second kappa shape index (κ2) is 5.49. The Bertz CT molecular complexity index is 751. The molecule has 1 amide bonds. The number of hydrogen-bond donors (Lipinski definition) is 1. The summed E-state index contributed by atoms with van der Waals surface area (Å²) in [6.45, 7) is 1.81. The average molecular weight is 280 g/mol. The maximum atomic E-state index is 12.2. The Morgan fingerprint density at radius 3 is 2.76 bits per heavy atom. The highest BCUT2D eigenvalue weighted by molar-refractivity contribution is 6.03. The lowest BCUT2D eigenvalue weighted by Crippen LogP contribution is -2.16. The van der Waals surface area contributed by atoms with Crippen LogP contribution in [0.3, 0.4) is 0 Å². The second-order valence-electron chi connectivity index (χ2n) is 4.32. The van der Waals surface area contributed by atoms with Gasteiger partial charge in [0.25, 0.3) is 5.91 Å². The van der Waals surface area contributed by atoms with E-state index in [1.807, 2.05) is 6.92 Å². The van der Waals surface area contributed by atoms with Crippen molar-refractivity contribution in [2.45, 2.75) is 6.92 Å². The lowest BCUT2D eigenvalue weighted by molar-refractivity contribution is 0.102. The van der Waals surface area contributed by atoms with Crippen LogP contribution in [0.2, 0.25) is 0 Å². The summed E-state index contributed by atoms with van der Waals surface area (Å²) in [7, 11) is 0. The van der Waals surface area contributed by atoms with Gasteiger partial charge in [0.1, 0.15) is 5.69 Å². The molecule has 3 aromatic heterocycles. The smallest absolute Gasteiger partial charge is 0.275 e. The largest absolute Gasteiger partial charge is 0.317 e. The molecule has 0 bridgehead atoms. The van der Waals surface area contributed by atoms with Crippen molar-refractivity contribution in [1.29, 1.82) is 0 Å². The summed E-state index contributed by atoms with van der Waals surface area (Å²) in [5, 5.41) is 6.88. The van der Waals surface area contributed by atoms with Gasteiger partial charge in [-0.1, -0.05) is 0 Å². The molecule has 0 aliphatic carbocycles. The summed E-state index contributed by atoms with van der Waals surface area (Å²) in [5.74, 6) is 0.194. The molecular weight excluding hydrogens is 268 g/mol. The maximum absolute atomic E-state index is 12.2. The van der Waals surface area contributed by atoms with Gasteiger partial charge >= 0.3 is 0 Å². The molecule has 0 saturated heterocycles. The molecule has 0 atom stereocenters. The Morgan fingerprint density at radius 1 is 1.14 bits per heavy atom. The Labute approximate surface area is 120 Å². The minimum absolute atomic E-state index is 0.246.